The molecule has 4 heteroatoms. The zero-order valence-electron chi connectivity index (χ0n) is 10.8. The lowest BCUT2D eigenvalue weighted by molar-refractivity contribution is 0.0369. The van der Waals surface area contributed by atoms with Crippen molar-refractivity contribution in [2.75, 3.05) is 0 Å². The van der Waals surface area contributed by atoms with Gasteiger partial charge in [-0.1, -0.05) is 18.6 Å². The van der Waals surface area contributed by atoms with Gasteiger partial charge in [0.05, 0.1) is 5.56 Å². The van der Waals surface area contributed by atoms with Gasteiger partial charge in [0.1, 0.15) is 0 Å². The number of halogens is 1. The number of hydrogen-bond acceptors (Lipinski definition) is 2. The van der Waals surface area contributed by atoms with Crippen LogP contribution in [0.25, 0.3) is 0 Å². The number of hydrazine groups is 1. The molecule has 1 aromatic carbocycles. The molecule has 1 aliphatic rings. The van der Waals surface area contributed by atoms with Crippen molar-refractivity contribution >= 4 is 21.8 Å². The van der Waals surface area contributed by atoms with Crippen molar-refractivity contribution in [3.8, 4) is 0 Å². The summed E-state index contributed by atoms with van der Waals surface area (Å²) in [5.41, 5.74) is 3.72. The maximum absolute atomic E-state index is 12.2. The third-order valence-electron chi connectivity index (χ3n) is 3.54. The molecule has 1 fully saturated rings. The van der Waals surface area contributed by atoms with Gasteiger partial charge in [0.15, 0.2) is 0 Å². The fraction of sp³-hybridized carbons (Fsp3) is 0.500. The average Bonchev–Trinajstić information content (AvgIpc) is 2.34. The summed E-state index contributed by atoms with van der Waals surface area (Å²) in [5.74, 6) is -0.0388. The normalized spacial score (nSPS) is 24.8. The molecule has 2 atom stereocenters. The van der Waals surface area contributed by atoms with Gasteiger partial charge in [-0.25, -0.2) is 5.01 Å². The minimum Gasteiger partial charge on any atom is -0.284 e. The van der Waals surface area contributed by atoms with Crippen LogP contribution in [0, 0.1) is 0 Å². The molecule has 0 radical (unpaired) electrons. The van der Waals surface area contributed by atoms with Gasteiger partial charge in [0.25, 0.3) is 5.91 Å². The first-order valence-corrected chi connectivity index (χ1v) is 7.22. The van der Waals surface area contributed by atoms with Crippen LogP contribution >= 0.6 is 15.9 Å². The summed E-state index contributed by atoms with van der Waals surface area (Å²) in [4.78, 5) is 12.2. The SMILES string of the molecule is CC1CCCC(C)N1NC(=O)c1ccccc1Br. The lowest BCUT2D eigenvalue weighted by Crippen LogP contribution is -2.54. The Bertz CT molecular complexity index is 426. The number of carbonyl (C=O) groups is 1. The molecule has 0 aliphatic carbocycles. The van der Waals surface area contributed by atoms with Crippen molar-refractivity contribution in [2.45, 2.75) is 45.2 Å². The van der Waals surface area contributed by atoms with Gasteiger partial charge < -0.3 is 0 Å². The van der Waals surface area contributed by atoms with E-state index in [-0.39, 0.29) is 5.91 Å². The quantitative estimate of drug-likeness (QED) is 0.908. The molecule has 2 rings (SSSR count). The molecule has 98 valence electrons. The third-order valence-corrected chi connectivity index (χ3v) is 4.23. The van der Waals surface area contributed by atoms with Crippen molar-refractivity contribution in [3.05, 3.63) is 34.3 Å². The van der Waals surface area contributed by atoms with Gasteiger partial charge in [0, 0.05) is 16.6 Å². The first-order valence-electron chi connectivity index (χ1n) is 6.43. The largest absolute Gasteiger partial charge is 0.284 e. The number of amides is 1. The van der Waals surface area contributed by atoms with Crippen molar-refractivity contribution in [1.82, 2.24) is 10.4 Å². The van der Waals surface area contributed by atoms with Crippen LogP contribution in [0.1, 0.15) is 43.5 Å². The van der Waals surface area contributed by atoms with Crippen LogP contribution in [0.2, 0.25) is 0 Å². The first kappa shape index (κ1) is 13.6. The Morgan fingerprint density at radius 1 is 1.28 bits per heavy atom. The van der Waals surface area contributed by atoms with Gasteiger partial charge in [-0.3, -0.25) is 10.2 Å². The Balaban J connectivity index is 2.09. The molecule has 2 unspecified atom stereocenters. The van der Waals surface area contributed by atoms with E-state index < -0.39 is 0 Å². The minimum absolute atomic E-state index is 0.0388. The molecule has 0 saturated carbocycles. The standard InChI is InChI=1S/C14H19BrN2O/c1-10-6-5-7-11(2)17(10)16-14(18)12-8-3-4-9-13(12)15/h3-4,8-11H,5-7H2,1-2H3,(H,16,18). The van der Waals surface area contributed by atoms with Crippen LogP contribution in [-0.4, -0.2) is 23.0 Å². The molecule has 0 spiro atoms. The summed E-state index contributed by atoms with van der Waals surface area (Å²) < 4.78 is 0.833. The van der Waals surface area contributed by atoms with Gasteiger partial charge in [-0.15, -0.1) is 0 Å². The molecule has 0 aromatic heterocycles. The Kier molecular flexibility index (Phi) is 4.40. The topological polar surface area (TPSA) is 32.3 Å². The minimum atomic E-state index is -0.0388. The molecule has 1 saturated heterocycles. The van der Waals surface area contributed by atoms with Crippen molar-refractivity contribution in [3.63, 3.8) is 0 Å². The van der Waals surface area contributed by atoms with E-state index in [1.54, 1.807) is 0 Å². The Hall–Kier alpha value is -0.870. The fourth-order valence-electron chi connectivity index (χ4n) is 2.46. The van der Waals surface area contributed by atoms with E-state index in [0.29, 0.717) is 17.6 Å². The van der Waals surface area contributed by atoms with Crippen LogP contribution < -0.4 is 5.43 Å². The molecular formula is C14H19BrN2O. The highest BCUT2D eigenvalue weighted by Crippen LogP contribution is 2.21. The lowest BCUT2D eigenvalue weighted by atomic mass is 10.00. The van der Waals surface area contributed by atoms with E-state index in [0.717, 1.165) is 17.3 Å². The Morgan fingerprint density at radius 2 is 1.89 bits per heavy atom. The summed E-state index contributed by atoms with van der Waals surface area (Å²) in [6.07, 6.45) is 3.52. The van der Waals surface area contributed by atoms with Crippen molar-refractivity contribution in [2.24, 2.45) is 0 Å². The fourth-order valence-corrected chi connectivity index (χ4v) is 2.93. The van der Waals surface area contributed by atoms with Gasteiger partial charge in [-0.05, 0) is 54.8 Å². The molecule has 1 amide bonds. The number of hydrogen-bond donors (Lipinski definition) is 1. The second kappa shape index (κ2) is 5.85. The van der Waals surface area contributed by atoms with Crippen LogP contribution in [0.5, 0.6) is 0 Å². The molecule has 18 heavy (non-hydrogen) atoms. The maximum atomic E-state index is 12.2. The first-order chi connectivity index (χ1) is 8.59. The second-order valence-electron chi connectivity index (χ2n) is 4.96. The number of carbonyl (C=O) groups excluding carboxylic acids is 1. The summed E-state index contributed by atoms with van der Waals surface area (Å²) >= 11 is 3.41. The molecule has 1 aliphatic heterocycles. The van der Waals surface area contributed by atoms with Gasteiger partial charge in [-0.2, -0.15) is 0 Å². The molecule has 0 bridgehead atoms. The van der Waals surface area contributed by atoms with E-state index in [1.807, 2.05) is 24.3 Å². The Labute approximate surface area is 117 Å². The highest BCUT2D eigenvalue weighted by atomic mass is 79.9. The predicted molar refractivity (Wildman–Crippen MR) is 76.2 cm³/mol. The van der Waals surface area contributed by atoms with E-state index >= 15 is 0 Å². The van der Waals surface area contributed by atoms with E-state index in [1.165, 1.54) is 6.42 Å². The van der Waals surface area contributed by atoms with Crippen LogP contribution in [0.15, 0.2) is 28.7 Å². The smallest absolute Gasteiger partial charge is 0.266 e. The lowest BCUT2D eigenvalue weighted by Gasteiger charge is -2.38. The Morgan fingerprint density at radius 3 is 2.50 bits per heavy atom. The number of piperidine rings is 1. The highest BCUT2D eigenvalue weighted by molar-refractivity contribution is 9.10. The molecule has 3 nitrogen and oxygen atoms in total. The highest BCUT2D eigenvalue weighted by Gasteiger charge is 2.26. The summed E-state index contributed by atoms with van der Waals surface area (Å²) in [5, 5.41) is 2.09. The molecule has 1 heterocycles. The molecule has 1 aromatic rings. The maximum Gasteiger partial charge on any atom is 0.266 e. The van der Waals surface area contributed by atoms with Gasteiger partial charge in [0.2, 0.25) is 0 Å². The van der Waals surface area contributed by atoms with Crippen LogP contribution in [-0.2, 0) is 0 Å². The predicted octanol–water partition coefficient (Wildman–Crippen LogP) is 3.36. The summed E-state index contributed by atoms with van der Waals surface area (Å²) in [6, 6.07) is 8.31. The monoisotopic (exact) mass is 310 g/mol. The zero-order valence-corrected chi connectivity index (χ0v) is 12.4. The van der Waals surface area contributed by atoms with E-state index in [2.05, 4.69) is 40.2 Å². The average molecular weight is 311 g/mol. The van der Waals surface area contributed by atoms with E-state index in [4.69, 9.17) is 0 Å². The number of benzene rings is 1. The van der Waals surface area contributed by atoms with Gasteiger partial charge >= 0.3 is 0 Å². The van der Waals surface area contributed by atoms with Crippen molar-refractivity contribution < 1.29 is 4.79 Å². The zero-order chi connectivity index (χ0) is 13.1. The second-order valence-corrected chi connectivity index (χ2v) is 5.81. The third kappa shape index (κ3) is 2.93. The van der Waals surface area contributed by atoms with Crippen molar-refractivity contribution in [1.29, 1.82) is 0 Å². The number of nitrogens with zero attached hydrogens (tertiary/aromatic N) is 1. The van der Waals surface area contributed by atoms with Crippen LogP contribution in [0.3, 0.4) is 0 Å². The number of rotatable bonds is 2. The molecule has 1 N–H and O–H groups in total. The summed E-state index contributed by atoms with van der Waals surface area (Å²) in [6.45, 7) is 4.33. The van der Waals surface area contributed by atoms with E-state index in [9.17, 15) is 4.79 Å². The number of nitrogens with one attached hydrogen (secondary N) is 1. The molecular weight excluding hydrogens is 292 g/mol. The van der Waals surface area contributed by atoms with Crippen LogP contribution in [0.4, 0.5) is 0 Å². The summed E-state index contributed by atoms with van der Waals surface area (Å²) in [7, 11) is 0.